The fourth-order valence-electron chi connectivity index (χ4n) is 4.04. The highest BCUT2D eigenvalue weighted by molar-refractivity contribution is 6.00. The summed E-state index contributed by atoms with van der Waals surface area (Å²) >= 11 is 0. The van der Waals surface area contributed by atoms with Gasteiger partial charge in [-0.05, 0) is 37.0 Å². The van der Waals surface area contributed by atoms with Crippen LogP contribution in [0, 0.1) is 0 Å². The zero-order valence-corrected chi connectivity index (χ0v) is 18.3. The average Bonchev–Trinajstić information content (AvgIpc) is 3.40. The van der Waals surface area contributed by atoms with E-state index in [4.69, 9.17) is 9.47 Å². The van der Waals surface area contributed by atoms with Gasteiger partial charge in [0.1, 0.15) is 23.4 Å². The standard InChI is InChI=1S/C24H25N5O3/c1-28-13-16(12-26-28)15-7-8-20-19(9-15)25-14-29(20)18-10-21(31-2)23(22(11-18)32-3)24(30)27-17-5-4-6-17/h7-14,17H,4-6H2,1-3H3,(H,27,30). The molecule has 0 saturated heterocycles. The number of carbonyl (C=O) groups excluding carboxylic acids is 1. The molecule has 1 N–H and O–H groups in total. The number of nitrogens with zero attached hydrogens (tertiary/aromatic N) is 4. The van der Waals surface area contributed by atoms with E-state index in [1.54, 1.807) is 25.2 Å². The summed E-state index contributed by atoms with van der Waals surface area (Å²) in [6.45, 7) is 0. The molecular formula is C24H25N5O3. The number of hydrogen-bond donors (Lipinski definition) is 1. The van der Waals surface area contributed by atoms with Crippen LogP contribution < -0.4 is 14.8 Å². The van der Waals surface area contributed by atoms with E-state index in [0.29, 0.717) is 17.1 Å². The number of nitrogens with one attached hydrogen (secondary N) is 1. The summed E-state index contributed by atoms with van der Waals surface area (Å²) in [5.41, 5.74) is 5.09. The highest BCUT2D eigenvalue weighted by atomic mass is 16.5. The molecule has 0 atom stereocenters. The predicted octanol–water partition coefficient (Wildman–Crippen LogP) is 3.73. The Hall–Kier alpha value is -3.81. The van der Waals surface area contributed by atoms with Gasteiger partial charge in [0.25, 0.3) is 5.91 Å². The monoisotopic (exact) mass is 431 g/mol. The zero-order valence-electron chi connectivity index (χ0n) is 18.3. The third kappa shape index (κ3) is 3.47. The van der Waals surface area contributed by atoms with Crippen molar-refractivity contribution in [2.75, 3.05) is 14.2 Å². The molecule has 0 spiro atoms. The van der Waals surface area contributed by atoms with Gasteiger partial charge in [0.2, 0.25) is 0 Å². The highest BCUT2D eigenvalue weighted by Crippen LogP contribution is 2.34. The quantitative estimate of drug-likeness (QED) is 0.503. The fraction of sp³-hybridized carbons (Fsp3) is 0.292. The van der Waals surface area contributed by atoms with Gasteiger partial charge in [0.15, 0.2) is 0 Å². The Morgan fingerprint density at radius 2 is 1.84 bits per heavy atom. The number of methoxy groups -OCH3 is 2. The summed E-state index contributed by atoms with van der Waals surface area (Å²) in [5.74, 6) is 0.751. The Kier molecular flexibility index (Phi) is 5.05. The largest absolute Gasteiger partial charge is 0.496 e. The summed E-state index contributed by atoms with van der Waals surface area (Å²) < 4.78 is 14.9. The van der Waals surface area contributed by atoms with Gasteiger partial charge in [-0.2, -0.15) is 5.10 Å². The minimum atomic E-state index is -0.174. The smallest absolute Gasteiger partial charge is 0.259 e. The van der Waals surface area contributed by atoms with Crippen molar-refractivity contribution in [1.82, 2.24) is 24.6 Å². The summed E-state index contributed by atoms with van der Waals surface area (Å²) in [7, 11) is 5.02. The number of fused-ring (bicyclic) bond motifs is 1. The lowest BCUT2D eigenvalue weighted by Crippen LogP contribution is -2.39. The van der Waals surface area contributed by atoms with E-state index in [1.165, 1.54) is 0 Å². The predicted molar refractivity (Wildman–Crippen MR) is 121 cm³/mol. The molecule has 1 saturated carbocycles. The second-order valence-corrected chi connectivity index (χ2v) is 8.05. The maximum Gasteiger partial charge on any atom is 0.259 e. The second kappa shape index (κ2) is 8.03. The number of amides is 1. The SMILES string of the molecule is COc1cc(-n2cnc3cc(-c4cnn(C)c4)ccc32)cc(OC)c1C(=O)NC1CCC1. The highest BCUT2D eigenvalue weighted by Gasteiger charge is 2.25. The number of ether oxygens (including phenoxy) is 2. The fourth-order valence-corrected chi connectivity index (χ4v) is 4.04. The van der Waals surface area contributed by atoms with Gasteiger partial charge in [-0.1, -0.05) is 6.07 Å². The van der Waals surface area contributed by atoms with E-state index in [-0.39, 0.29) is 11.9 Å². The topological polar surface area (TPSA) is 83.2 Å². The molecule has 4 aromatic rings. The van der Waals surface area contributed by atoms with Gasteiger partial charge in [0, 0.05) is 37.0 Å². The number of aromatic nitrogens is 4. The van der Waals surface area contributed by atoms with Crippen LogP contribution in [-0.4, -0.2) is 45.5 Å². The van der Waals surface area contributed by atoms with Gasteiger partial charge >= 0.3 is 0 Å². The van der Waals surface area contributed by atoms with Crippen molar-refractivity contribution in [3.05, 3.63) is 54.6 Å². The van der Waals surface area contributed by atoms with E-state index in [9.17, 15) is 4.79 Å². The first-order valence-corrected chi connectivity index (χ1v) is 10.6. The molecule has 1 fully saturated rings. The van der Waals surface area contributed by atoms with Gasteiger partial charge < -0.3 is 14.8 Å². The molecule has 32 heavy (non-hydrogen) atoms. The number of carbonyl (C=O) groups is 1. The molecule has 1 aliphatic rings. The van der Waals surface area contributed by atoms with E-state index in [1.807, 2.05) is 54.3 Å². The van der Waals surface area contributed by atoms with E-state index in [0.717, 1.165) is 47.1 Å². The first-order valence-electron chi connectivity index (χ1n) is 10.6. The number of rotatable bonds is 6. The number of hydrogen-bond acceptors (Lipinski definition) is 5. The average molecular weight is 431 g/mol. The molecule has 2 heterocycles. The zero-order chi connectivity index (χ0) is 22.2. The molecule has 2 aromatic carbocycles. The van der Waals surface area contributed by atoms with Crippen LogP contribution in [0.15, 0.2) is 49.1 Å². The summed E-state index contributed by atoms with van der Waals surface area (Å²) in [4.78, 5) is 17.5. The Morgan fingerprint density at radius 3 is 2.44 bits per heavy atom. The van der Waals surface area contributed by atoms with Crippen LogP contribution in [0.2, 0.25) is 0 Å². The lowest BCUT2D eigenvalue weighted by Gasteiger charge is -2.27. The number of imidazole rings is 1. The number of benzene rings is 2. The molecule has 1 amide bonds. The van der Waals surface area contributed by atoms with E-state index >= 15 is 0 Å². The normalized spacial score (nSPS) is 13.7. The van der Waals surface area contributed by atoms with Crippen LogP contribution in [0.25, 0.3) is 27.8 Å². The van der Waals surface area contributed by atoms with Crippen molar-refractivity contribution < 1.29 is 14.3 Å². The molecule has 2 aromatic heterocycles. The van der Waals surface area contributed by atoms with Crippen molar-refractivity contribution in [3.8, 4) is 28.3 Å². The van der Waals surface area contributed by atoms with Crippen LogP contribution in [0.1, 0.15) is 29.6 Å². The molecular weight excluding hydrogens is 406 g/mol. The molecule has 0 bridgehead atoms. The Bertz CT molecular complexity index is 1280. The van der Waals surface area contributed by atoms with Crippen LogP contribution >= 0.6 is 0 Å². The lowest BCUT2D eigenvalue weighted by atomic mass is 9.93. The van der Waals surface area contributed by atoms with Crippen molar-refractivity contribution in [3.63, 3.8) is 0 Å². The molecule has 5 rings (SSSR count). The van der Waals surface area contributed by atoms with Crippen molar-refractivity contribution >= 4 is 16.9 Å². The second-order valence-electron chi connectivity index (χ2n) is 8.05. The maximum absolute atomic E-state index is 12.9. The van der Waals surface area contributed by atoms with Crippen molar-refractivity contribution in [1.29, 1.82) is 0 Å². The van der Waals surface area contributed by atoms with Crippen LogP contribution in [-0.2, 0) is 7.05 Å². The lowest BCUT2D eigenvalue weighted by molar-refractivity contribution is 0.0910. The van der Waals surface area contributed by atoms with Crippen molar-refractivity contribution in [2.24, 2.45) is 7.05 Å². The molecule has 0 unspecified atom stereocenters. The third-order valence-corrected chi connectivity index (χ3v) is 6.02. The Labute approximate surface area is 185 Å². The Balaban J connectivity index is 1.54. The molecule has 0 aliphatic heterocycles. The maximum atomic E-state index is 12.9. The van der Waals surface area contributed by atoms with E-state index in [2.05, 4.69) is 15.4 Å². The Morgan fingerprint density at radius 1 is 1.09 bits per heavy atom. The van der Waals surface area contributed by atoms with E-state index < -0.39 is 0 Å². The van der Waals surface area contributed by atoms with Gasteiger partial charge in [-0.25, -0.2) is 4.98 Å². The number of aryl methyl sites for hydroxylation is 1. The molecule has 1 aliphatic carbocycles. The van der Waals surface area contributed by atoms with Gasteiger partial charge in [-0.3, -0.25) is 14.0 Å². The first kappa shape index (κ1) is 20.1. The van der Waals surface area contributed by atoms with Gasteiger partial charge in [-0.15, -0.1) is 0 Å². The summed E-state index contributed by atoms with van der Waals surface area (Å²) in [5, 5.41) is 7.31. The van der Waals surface area contributed by atoms with Crippen LogP contribution in [0.4, 0.5) is 0 Å². The third-order valence-electron chi connectivity index (χ3n) is 6.02. The molecule has 8 nitrogen and oxygen atoms in total. The minimum absolute atomic E-state index is 0.174. The summed E-state index contributed by atoms with van der Waals surface area (Å²) in [6.07, 6.45) is 8.74. The summed E-state index contributed by atoms with van der Waals surface area (Å²) in [6, 6.07) is 10.0. The van der Waals surface area contributed by atoms with Crippen molar-refractivity contribution in [2.45, 2.75) is 25.3 Å². The van der Waals surface area contributed by atoms with Crippen LogP contribution in [0.3, 0.4) is 0 Å². The first-order chi connectivity index (χ1) is 15.6. The molecule has 164 valence electrons. The van der Waals surface area contributed by atoms with Gasteiger partial charge in [0.05, 0.1) is 37.1 Å². The minimum Gasteiger partial charge on any atom is -0.496 e. The molecule has 0 radical (unpaired) electrons. The van der Waals surface area contributed by atoms with Crippen LogP contribution in [0.5, 0.6) is 11.5 Å². The molecule has 8 heteroatoms.